The third-order valence-corrected chi connectivity index (χ3v) is 4.45. The first-order valence-corrected chi connectivity index (χ1v) is 8.20. The van der Waals surface area contributed by atoms with E-state index in [1.807, 2.05) is 30.3 Å². The molecule has 4 heteroatoms. The molecule has 0 N–H and O–H groups in total. The van der Waals surface area contributed by atoms with Gasteiger partial charge >= 0.3 is 0 Å². The van der Waals surface area contributed by atoms with Crippen LogP contribution in [-0.2, 0) is 5.75 Å². The highest BCUT2D eigenvalue weighted by molar-refractivity contribution is 7.98. The highest BCUT2D eigenvalue weighted by Crippen LogP contribution is 2.28. The summed E-state index contributed by atoms with van der Waals surface area (Å²) in [5.41, 5.74) is 6.22. The van der Waals surface area contributed by atoms with Gasteiger partial charge in [0.15, 0.2) is 0 Å². The molecule has 0 radical (unpaired) electrons. The highest BCUT2D eigenvalue weighted by Gasteiger charge is 2.11. The van der Waals surface area contributed by atoms with Gasteiger partial charge in [0, 0.05) is 11.3 Å². The molecule has 0 aliphatic heterocycles. The second-order valence-corrected chi connectivity index (χ2v) is 6.33. The van der Waals surface area contributed by atoms with Crippen molar-refractivity contribution in [2.24, 2.45) is 0 Å². The van der Waals surface area contributed by atoms with Gasteiger partial charge < -0.3 is 4.42 Å². The number of thioether (sulfide) groups is 1. The fraction of sp³-hybridized carbons (Fsp3) is 0.222. The fourth-order valence-corrected chi connectivity index (χ4v) is 3.50. The van der Waals surface area contributed by atoms with Crippen molar-refractivity contribution in [3.63, 3.8) is 0 Å². The molecule has 0 amide bonds. The van der Waals surface area contributed by atoms with Crippen LogP contribution in [0, 0.1) is 20.8 Å². The molecule has 0 bridgehead atoms. The second kappa shape index (κ2) is 6.36. The standard InChI is InChI=1S/C18H18N2OS/c1-12-9-13(2)16(14(3)10-12)11-22-18-20-19-17(21-18)15-7-5-4-6-8-15/h4-10H,11H2,1-3H3. The molecule has 22 heavy (non-hydrogen) atoms. The maximum atomic E-state index is 5.74. The molecule has 0 aliphatic carbocycles. The Kier molecular flexibility index (Phi) is 4.29. The normalized spacial score (nSPS) is 10.9. The SMILES string of the molecule is Cc1cc(C)c(CSc2nnc(-c3ccccc3)o2)c(C)c1. The lowest BCUT2D eigenvalue weighted by Crippen LogP contribution is -1.93. The van der Waals surface area contributed by atoms with Gasteiger partial charge in [0.25, 0.3) is 5.22 Å². The molecule has 3 nitrogen and oxygen atoms in total. The Bertz CT molecular complexity index is 758. The van der Waals surface area contributed by atoms with Crippen LogP contribution >= 0.6 is 11.8 Å². The largest absolute Gasteiger partial charge is 0.411 e. The molecule has 0 unspecified atom stereocenters. The van der Waals surface area contributed by atoms with Crippen molar-refractivity contribution in [1.29, 1.82) is 0 Å². The van der Waals surface area contributed by atoms with Crippen LogP contribution in [0.2, 0.25) is 0 Å². The number of benzene rings is 2. The van der Waals surface area contributed by atoms with Crippen molar-refractivity contribution in [2.45, 2.75) is 31.7 Å². The summed E-state index contributed by atoms with van der Waals surface area (Å²) in [6.45, 7) is 6.43. The maximum absolute atomic E-state index is 5.74. The van der Waals surface area contributed by atoms with Gasteiger partial charge in [-0.05, 0) is 49.6 Å². The van der Waals surface area contributed by atoms with Gasteiger partial charge in [-0.3, -0.25) is 0 Å². The van der Waals surface area contributed by atoms with Crippen LogP contribution in [0.25, 0.3) is 11.5 Å². The summed E-state index contributed by atoms with van der Waals surface area (Å²) in [6.07, 6.45) is 0. The van der Waals surface area contributed by atoms with Crippen molar-refractivity contribution in [3.8, 4) is 11.5 Å². The van der Waals surface area contributed by atoms with Crippen LogP contribution < -0.4 is 0 Å². The molecule has 0 spiro atoms. The molecular weight excluding hydrogens is 292 g/mol. The zero-order valence-electron chi connectivity index (χ0n) is 13.0. The maximum Gasteiger partial charge on any atom is 0.277 e. The lowest BCUT2D eigenvalue weighted by Gasteiger charge is -2.09. The average Bonchev–Trinajstić information content (AvgIpc) is 2.96. The van der Waals surface area contributed by atoms with Crippen molar-refractivity contribution in [2.75, 3.05) is 0 Å². The third kappa shape index (κ3) is 3.22. The Morgan fingerprint density at radius 1 is 0.955 bits per heavy atom. The summed E-state index contributed by atoms with van der Waals surface area (Å²) >= 11 is 1.58. The molecule has 0 saturated carbocycles. The number of aromatic nitrogens is 2. The number of hydrogen-bond acceptors (Lipinski definition) is 4. The van der Waals surface area contributed by atoms with E-state index in [0.29, 0.717) is 11.1 Å². The summed E-state index contributed by atoms with van der Waals surface area (Å²) in [6, 6.07) is 14.3. The third-order valence-electron chi connectivity index (χ3n) is 3.61. The van der Waals surface area contributed by atoms with Crippen molar-refractivity contribution in [3.05, 3.63) is 64.7 Å². The monoisotopic (exact) mass is 310 g/mol. The van der Waals surface area contributed by atoms with Crippen molar-refractivity contribution >= 4 is 11.8 Å². The molecule has 3 aromatic rings. The van der Waals surface area contributed by atoms with Gasteiger partial charge in [-0.15, -0.1) is 10.2 Å². The van der Waals surface area contributed by atoms with E-state index in [1.54, 1.807) is 11.8 Å². The van der Waals surface area contributed by atoms with E-state index in [9.17, 15) is 0 Å². The first-order chi connectivity index (χ1) is 10.6. The summed E-state index contributed by atoms with van der Waals surface area (Å²) < 4.78 is 5.74. The summed E-state index contributed by atoms with van der Waals surface area (Å²) in [7, 11) is 0. The Hall–Kier alpha value is -2.07. The minimum absolute atomic E-state index is 0.570. The van der Waals surface area contributed by atoms with Gasteiger partial charge in [-0.25, -0.2) is 0 Å². The molecule has 0 atom stereocenters. The molecule has 3 rings (SSSR count). The number of hydrogen-bond donors (Lipinski definition) is 0. The molecule has 1 heterocycles. The number of rotatable bonds is 4. The Morgan fingerprint density at radius 2 is 1.64 bits per heavy atom. The van der Waals surface area contributed by atoms with E-state index in [1.165, 1.54) is 22.3 Å². The molecule has 1 aromatic heterocycles. The van der Waals surface area contributed by atoms with Crippen LogP contribution in [0.1, 0.15) is 22.3 Å². The fourth-order valence-electron chi connectivity index (χ4n) is 2.54. The van der Waals surface area contributed by atoms with Crippen LogP contribution in [0.3, 0.4) is 0 Å². The first kappa shape index (κ1) is 14.9. The van der Waals surface area contributed by atoms with Gasteiger partial charge in [-0.2, -0.15) is 0 Å². The predicted molar refractivity (Wildman–Crippen MR) is 89.9 cm³/mol. The minimum Gasteiger partial charge on any atom is -0.411 e. The Morgan fingerprint density at radius 3 is 2.32 bits per heavy atom. The van der Waals surface area contributed by atoms with E-state index < -0.39 is 0 Å². The van der Waals surface area contributed by atoms with Gasteiger partial charge in [-0.1, -0.05) is 47.7 Å². The first-order valence-electron chi connectivity index (χ1n) is 7.22. The minimum atomic E-state index is 0.570. The van der Waals surface area contributed by atoms with E-state index in [-0.39, 0.29) is 0 Å². The predicted octanol–water partition coefficient (Wildman–Crippen LogP) is 4.95. The lowest BCUT2D eigenvalue weighted by molar-refractivity contribution is 0.466. The average molecular weight is 310 g/mol. The van der Waals surface area contributed by atoms with Crippen LogP contribution in [0.15, 0.2) is 52.1 Å². The van der Waals surface area contributed by atoms with E-state index in [0.717, 1.165) is 11.3 Å². The van der Waals surface area contributed by atoms with Crippen molar-refractivity contribution < 1.29 is 4.42 Å². The number of aryl methyl sites for hydroxylation is 3. The van der Waals surface area contributed by atoms with Crippen molar-refractivity contribution in [1.82, 2.24) is 10.2 Å². The summed E-state index contributed by atoms with van der Waals surface area (Å²) in [5, 5.41) is 8.86. The lowest BCUT2D eigenvalue weighted by atomic mass is 10.0. The number of nitrogens with zero attached hydrogens (tertiary/aromatic N) is 2. The van der Waals surface area contributed by atoms with Crippen LogP contribution in [0.5, 0.6) is 0 Å². The molecule has 0 saturated heterocycles. The van der Waals surface area contributed by atoms with Crippen LogP contribution in [0.4, 0.5) is 0 Å². The Balaban J connectivity index is 1.74. The Labute approximate surface area is 134 Å². The highest BCUT2D eigenvalue weighted by atomic mass is 32.2. The molecule has 0 aliphatic rings. The quantitative estimate of drug-likeness (QED) is 0.639. The van der Waals surface area contributed by atoms with E-state index in [2.05, 4.69) is 43.1 Å². The van der Waals surface area contributed by atoms with Gasteiger partial charge in [0.1, 0.15) is 0 Å². The van der Waals surface area contributed by atoms with E-state index in [4.69, 9.17) is 4.42 Å². The smallest absolute Gasteiger partial charge is 0.277 e. The van der Waals surface area contributed by atoms with Gasteiger partial charge in [0.2, 0.25) is 5.89 Å². The topological polar surface area (TPSA) is 38.9 Å². The zero-order chi connectivity index (χ0) is 15.5. The van der Waals surface area contributed by atoms with Crippen LogP contribution in [-0.4, -0.2) is 10.2 Å². The van der Waals surface area contributed by atoms with E-state index >= 15 is 0 Å². The molecule has 112 valence electrons. The summed E-state index contributed by atoms with van der Waals surface area (Å²) in [5.74, 6) is 1.41. The molecule has 2 aromatic carbocycles. The summed E-state index contributed by atoms with van der Waals surface area (Å²) in [4.78, 5) is 0. The molecular formula is C18H18N2OS. The second-order valence-electron chi connectivity index (χ2n) is 5.41. The van der Waals surface area contributed by atoms with Gasteiger partial charge in [0.05, 0.1) is 0 Å². The zero-order valence-corrected chi connectivity index (χ0v) is 13.8. The molecule has 0 fully saturated rings.